The number of hydrogen-bond acceptors (Lipinski definition) is 6. The normalized spacial score (nSPS) is 10.1. The van der Waals surface area contributed by atoms with Crippen LogP contribution in [0.25, 0.3) is 0 Å². The Kier molecular flexibility index (Phi) is 7.01. The largest absolute Gasteiger partial charge is 0.484 e. The number of amides is 1. The van der Waals surface area contributed by atoms with Crippen LogP contribution in [0.5, 0.6) is 5.75 Å². The molecule has 0 fully saturated rings. The number of nitro groups is 1. The summed E-state index contributed by atoms with van der Waals surface area (Å²) in [6.07, 6.45) is 0. The van der Waals surface area contributed by atoms with E-state index in [9.17, 15) is 14.9 Å². The lowest BCUT2D eigenvalue weighted by molar-refractivity contribution is -0.384. The molecule has 0 aliphatic heterocycles. The van der Waals surface area contributed by atoms with Gasteiger partial charge in [0.25, 0.3) is 11.6 Å². The SMILES string of the molecule is O=C(COc1ccc([N+](=O)[O-])cc1)NCCOCCO. The first kappa shape index (κ1) is 15.9. The van der Waals surface area contributed by atoms with Gasteiger partial charge >= 0.3 is 0 Å². The molecular weight excluding hydrogens is 268 g/mol. The molecule has 0 saturated heterocycles. The van der Waals surface area contributed by atoms with Crippen LogP contribution in [0.2, 0.25) is 0 Å². The maximum absolute atomic E-state index is 11.4. The summed E-state index contributed by atoms with van der Waals surface area (Å²) in [6.45, 7) is 0.621. The van der Waals surface area contributed by atoms with E-state index >= 15 is 0 Å². The maximum atomic E-state index is 11.4. The van der Waals surface area contributed by atoms with Gasteiger partial charge in [0.2, 0.25) is 0 Å². The molecule has 110 valence electrons. The van der Waals surface area contributed by atoms with Gasteiger partial charge in [0.15, 0.2) is 6.61 Å². The molecular formula is C12H16N2O6. The minimum absolute atomic E-state index is 0.0390. The zero-order valence-corrected chi connectivity index (χ0v) is 10.8. The number of carbonyl (C=O) groups is 1. The Morgan fingerprint density at radius 3 is 2.60 bits per heavy atom. The molecule has 0 aliphatic rings. The van der Waals surface area contributed by atoms with Gasteiger partial charge in [-0.15, -0.1) is 0 Å². The van der Waals surface area contributed by atoms with Gasteiger partial charge in [-0.05, 0) is 12.1 Å². The average molecular weight is 284 g/mol. The van der Waals surface area contributed by atoms with Crippen LogP contribution in [-0.2, 0) is 9.53 Å². The minimum Gasteiger partial charge on any atom is -0.484 e. The number of rotatable bonds is 9. The summed E-state index contributed by atoms with van der Waals surface area (Å²) >= 11 is 0. The molecule has 0 unspecified atom stereocenters. The molecule has 0 aromatic heterocycles. The first-order valence-corrected chi connectivity index (χ1v) is 5.96. The molecule has 1 amide bonds. The van der Waals surface area contributed by atoms with Crippen molar-refractivity contribution in [3.63, 3.8) is 0 Å². The smallest absolute Gasteiger partial charge is 0.269 e. The van der Waals surface area contributed by atoms with Crippen LogP contribution >= 0.6 is 0 Å². The predicted octanol–water partition coefficient (Wildman–Crippen LogP) is 0.0987. The molecule has 0 atom stereocenters. The van der Waals surface area contributed by atoms with Gasteiger partial charge in [0, 0.05) is 18.7 Å². The average Bonchev–Trinajstić information content (AvgIpc) is 2.45. The fraction of sp³-hybridized carbons (Fsp3) is 0.417. The molecule has 1 aromatic rings. The molecule has 0 saturated carbocycles. The molecule has 0 aliphatic carbocycles. The summed E-state index contributed by atoms with van der Waals surface area (Å²) in [6, 6.07) is 5.46. The Bertz CT molecular complexity index is 434. The Morgan fingerprint density at radius 1 is 1.30 bits per heavy atom. The molecule has 1 aromatic carbocycles. The van der Waals surface area contributed by atoms with Gasteiger partial charge in [0.05, 0.1) is 24.7 Å². The summed E-state index contributed by atoms with van der Waals surface area (Å²) in [5, 5.41) is 21.5. The molecule has 0 heterocycles. The Hall–Kier alpha value is -2.19. The monoisotopic (exact) mass is 284 g/mol. The van der Waals surface area contributed by atoms with E-state index in [4.69, 9.17) is 14.6 Å². The van der Waals surface area contributed by atoms with E-state index in [0.717, 1.165) is 0 Å². The second-order valence-corrected chi connectivity index (χ2v) is 3.73. The topological polar surface area (TPSA) is 111 Å². The van der Waals surface area contributed by atoms with Crippen LogP contribution < -0.4 is 10.1 Å². The molecule has 8 heteroatoms. The standard InChI is InChI=1S/C12H16N2O6/c15-6-8-19-7-5-13-12(16)9-20-11-3-1-10(2-4-11)14(17)18/h1-4,15H,5-9H2,(H,13,16). The highest BCUT2D eigenvalue weighted by molar-refractivity contribution is 5.77. The number of nitro benzene ring substituents is 1. The van der Waals surface area contributed by atoms with Crippen LogP contribution in [0, 0.1) is 10.1 Å². The first-order chi connectivity index (χ1) is 9.63. The van der Waals surface area contributed by atoms with Crippen molar-refractivity contribution in [3.8, 4) is 5.75 Å². The Morgan fingerprint density at radius 2 is 2.00 bits per heavy atom. The van der Waals surface area contributed by atoms with Crippen LogP contribution in [0.15, 0.2) is 24.3 Å². The fourth-order valence-corrected chi connectivity index (χ4v) is 1.29. The van der Waals surface area contributed by atoms with Gasteiger partial charge in [-0.25, -0.2) is 0 Å². The van der Waals surface area contributed by atoms with E-state index in [0.29, 0.717) is 18.9 Å². The summed E-state index contributed by atoms with van der Waals surface area (Å²) in [4.78, 5) is 21.3. The molecule has 20 heavy (non-hydrogen) atoms. The number of aliphatic hydroxyl groups excluding tert-OH is 1. The van der Waals surface area contributed by atoms with Crippen molar-refractivity contribution < 1.29 is 24.3 Å². The minimum atomic E-state index is -0.511. The van der Waals surface area contributed by atoms with Crippen molar-refractivity contribution in [2.45, 2.75) is 0 Å². The van der Waals surface area contributed by atoms with Crippen molar-refractivity contribution in [1.29, 1.82) is 0 Å². The quantitative estimate of drug-likeness (QED) is 0.378. The van der Waals surface area contributed by atoms with Gasteiger partial charge in [0.1, 0.15) is 5.75 Å². The van der Waals surface area contributed by atoms with Crippen LogP contribution in [0.1, 0.15) is 0 Å². The van der Waals surface area contributed by atoms with Gasteiger partial charge < -0.3 is 19.9 Å². The second-order valence-electron chi connectivity index (χ2n) is 3.73. The number of carbonyl (C=O) groups excluding carboxylic acids is 1. The summed E-state index contributed by atoms with van der Waals surface area (Å²) in [5.41, 5.74) is -0.0390. The van der Waals surface area contributed by atoms with E-state index in [2.05, 4.69) is 5.32 Å². The highest BCUT2D eigenvalue weighted by Crippen LogP contribution is 2.16. The van der Waals surface area contributed by atoms with Crippen LogP contribution in [0.4, 0.5) is 5.69 Å². The van der Waals surface area contributed by atoms with Gasteiger partial charge in [-0.2, -0.15) is 0 Å². The first-order valence-electron chi connectivity index (χ1n) is 5.96. The number of nitrogens with zero attached hydrogens (tertiary/aromatic N) is 1. The zero-order chi connectivity index (χ0) is 14.8. The molecule has 2 N–H and O–H groups in total. The molecule has 0 radical (unpaired) electrons. The Balaban J connectivity index is 2.22. The van der Waals surface area contributed by atoms with Crippen molar-refractivity contribution in [3.05, 3.63) is 34.4 Å². The lowest BCUT2D eigenvalue weighted by atomic mass is 10.3. The van der Waals surface area contributed by atoms with E-state index in [-0.39, 0.29) is 31.4 Å². The third-order valence-electron chi connectivity index (χ3n) is 2.22. The van der Waals surface area contributed by atoms with Crippen molar-refractivity contribution >= 4 is 11.6 Å². The van der Waals surface area contributed by atoms with E-state index in [1.54, 1.807) is 0 Å². The fourth-order valence-electron chi connectivity index (χ4n) is 1.29. The van der Waals surface area contributed by atoms with Crippen LogP contribution in [0.3, 0.4) is 0 Å². The van der Waals surface area contributed by atoms with Gasteiger partial charge in [-0.3, -0.25) is 14.9 Å². The summed E-state index contributed by atoms with van der Waals surface area (Å²) in [7, 11) is 0. The molecule has 8 nitrogen and oxygen atoms in total. The van der Waals surface area contributed by atoms with E-state index in [1.165, 1.54) is 24.3 Å². The second kappa shape index (κ2) is 8.83. The van der Waals surface area contributed by atoms with Gasteiger partial charge in [-0.1, -0.05) is 0 Å². The van der Waals surface area contributed by atoms with E-state index in [1.807, 2.05) is 0 Å². The maximum Gasteiger partial charge on any atom is 0.269 e. The number of ether oxygens (including phenoxy) is 2. The van der Waals surface area contributed by atoms with E-state index < -0.39 is 4.92 Å². The lowest BCUT2D eigenvalue weighted by Gasteiger charge is -2.07. The van der Waals surface area contributed by atoms with Crippen molar-refractivity contribution in [1.82, 2.24) is 5.32 Å². The van der Waals surface area contributed by atoms with Crippen molar-refractivity contribution in [2.24, 2.45) is 0 Å². The zero-order valence-electron chi connectivity index (χ0n) is 10.8. The number of aliphatic hydroxyl groups is 1. The Labute approximate surface area is 115 Å². The summed E-state index contributed by atoms with van der Waals surface area (Å²) < 4.78 is 10.1. The highest BCUT2D eigenvalue weighted by Gasteiger charge is 2.06. The number of nitrogens with one attached hydrogen (secondary N) is 1. The molecule has 0 bridgehead atoms. The highest BCUT2D eigenvalue weighted by atomic mass is 16.6. The summed E-state index contributed by atoms with van der Waals surface area (Å²) in [5.74, 6) is 0.0539. The molecule has 0 spiro atoms. The number of hydrogen-bond donors (Lipinski definition) is 2. The third-order valence-corrected chi connectivity index (χ3v) is 2.22. The number of non-ortho nitro benzene ring substituents is 1. The van der Waals surface area contributed by atoms with Crippen molar-refractivity contribution in [2.75, 3.05) is 33.0 Å². The molecule has 1 rings (SSSR count). The third kappa shape index (κ3) is 6.12. The number of benzene rings is 1. The lowest BCUT2D eigenvalue weighted by Crippen LogP contribution is -2.31. The van der Waals surface area contributed by atoms with Crippen LogP contribution in [-0.4, -0.2) is 48.9 Å². The predicted molar refractivity (Wildman–Crippen MR) is 69.5 cm³/mol.